The molecule has 0 aromatic heterocycles. The Morgan fingerprint density at radius 3 is 1.71 bits per heavy atom. The summed E-state index contributed by atoms with van der Waals surface area (Å²) in [5, 5.41) is 0. The Bertz CT molecular complexity index is 31.2. The van der Waals surface area contributed by atoms with Crippen molar-refractivity contribution in [2.75, 3.05) is 12.3 Å². The van der Waals surface area contributed by atoms with Gasteiger partial charge in [-0.05, 0) is 12.3 Å². The summed E-state index contributed by atoms with van der Waals surface area (Å²) >= 11 is 0. The molecule has 0 amide bonds. The SMILES string of the molecule is [SiH3]CN(C[SiH3])[SiH2][SiH3]. The first kappa shape index (κ1) is 7.83. The third kappa shape index (κ3) is 3.41. The maximum atomic E-state index is 2.70. The summed E-state index contributed by atoms with van der Waals surface area (Å²) in [7, 11) is 4.66. The molecule has 7 heavy (non-hydrogen) atoms. The van der Waals surface area contributed by atoms with E-state index in [1.165, 1.54) is 42.6 Å². The summed E-state index contributed by atoms with van der Waals surface area (Å²) in [5.74, 6) is 0. The van der Waals surface area contributed by atoms with Crippen LogP contribution in [0, 0.1) is 0 Å². The zero-order valence-electron chi connectivity index (χ0n) is 5.57. The molecule has 5 heteroatoms. The van der Waals surface area contributed by atoms with Crippen LogP contribution in [0.5, 0.6) is 0 Å². The summed E-state index contributed by atoms with van der Waals surface area (Å²) < 4.78 is 2.70. The Hall–Kier alpha value is 0.828. The normalized spacial score (nSPS) is 13.3. The highest BCUT2D eigenvalue weighted by atomic mass is 29.1. The van der Waals surface area contributed by atoms with Crippen molar-refractivity contribution in [3.63, 3.8) is 0 Å². The van der Waals surface area contributed by atoms with Crippen LogP contribution in [-0.2, 0) is 0 Å². The first-order chi connectivity index (χ1) is 3.35. The van der Waals surface area contributed by atoms with Crippen molar-refractivity contribution < 1.29 is 0 Å². The van der Waals surface area contributed by atoms with Crippen molar-refractivity contribution in [2.45, 2.75) is 0 Å². The summed E-state index contributed by atoms with van der Waals surface area (Å²) in [4.78, 5) is 0. The highest BCUT2D eigenvalue weighted by molar-refractivity contribution is 6.87. The predicted octanol–water partition coefficient (Wildman–Crippen LogP) is -4.70. The molecule has 0 spiro atoms. The maximum absolute atomic E-state index is 2.70. The largest absolute Gasteiger partial charge is 0.339 e. The van der Waals surface area contributed by atoms with Crippen LogP contribution in [0.1, 0.15) is 0 Å². The highest BCUT2D eigenvalue weighted by Gasteiger charge is 1.89. The van der Waals surface area contributed by atoms with Gasteiger partial charge in [-0.3, -0.25) is 0 Å². The molecular formula is C2H15NSi4. The first-order valence-corrected chi connectivity index (χ1v) is 12.2. The fraction of sp³-hybridized carbons (Fsp3) is 1.00. The molecule has 44 valence electrons. The highest BCUT2D eigenvalue weighted by Crippen LogP contribution is 1.71. The van der Waals surface area contributed by atoms with E-state index in [-0.39, 0.29) is 0 Å². The van der Waals surface area contributed by atoms with Gasteiger partial charge in [0.15, 0.2) is 0 Å². The molecule has 0 aliphatic carbocycles. The number of rotatable bonds is 3. The average Bonchev–Trinajstić information content (AvgIpc) is 1.72. The average molecular weight is 165 g/mol. The molecule has 0 atom stereocenters. The van der Waals surface area contributed by atoms with Gasteiger partial charge in [0.1, 0.15) is 0 Å². The molecule has 0 aliphatic heterocycles. The van der Waals surface area contributed by atoms with Crippen molar-refractivity contribution in [3.05, 3.63) is 0 Å². The van der Waals surface area contributed by atoms with Crippen molar-refractivity contribution >= 4 is 39.4 Å². The molecule has 0 fully saturated rings. The number of hydrogen-bond acceptors (Lipinski definition) is 1. The molecule has 0 bridgehead atoms. The van der Waals surface area contributed by atoms with E-state index in [1.54, 1.807) is 0 Å². The van der Waals surface area contributed by atoms with Crippen molar-refractivity contribution in [2.24, 2.45) is 0 Å². The molecule has 0 aromatic carbocycles. The lowest BCUT2D eigenvalue weighted by molar-refractivity contribution is 0.611. The Morgan fingerprint density at radius 2 is 1.71 bits per heavy atom. The van der Waals surface area contributed by atoms with Gasteiger partial charge < -0.3 is 4.57 Å². The van der Waals surface area contributed by atoms with E-state index in [1.807, 2.05) is 0 Å². The van der Waals surface area contributed by atoms with E-state index in [2.05, 4.69) is 4.57 Å². The van der Waals surface area contributed by atoms with Crippen LogP contribution >= 0.6 is 0 Å². The minimum atomic E-state index is 0.370. The second kappa shape index (κ2) is 4.97. The smallest absolute Gasteiger partial charge is 0.0748 e. The Labute approximate surface area is 56.8 Å². The van der Waals surface area contributed by atoms with Gasteiger partial charge in [-0.2, -0.15) is 0 Å². The Kier molecular flexibility index (Phi) is 5.56. The summed E-state index contributed by atoms with van der Waals surface area (Å²) in [6.45, 7) is 0. The summed E-state index contributed by atoms with van der Waals surface area (Å²) in [5.41, 5.74) is 0. The van der Waals surface area contributed by atoms with Gasteiger partial charge in [-0.15, -0.1) is 0 Å². The standard InChI is InChI=1S/C2H15NSi4/c4-1-3(2-5)7-6/h1-2,7H2,4-6H3. The molecule has 0 N–H and O–H groups in total. The lowest BCUT2D eigenvalue weighted by atomic mass is 11.2. The zero-order chi connectivity index (χ0) is 5.70. The van der Waals surface area contributed by atoms with Crippen LogP contribution in [0.25, 0.3) is 0 Å². The number of hydrogen-bond donors (Lipinski definition) is 0. The molecular weight excluding hydrogens is 150 g/mol. The van der Waals surface area contributed by atoms with Gasteiger partial charge in [0.2, 0.25) is 0 Å². The first-order valence-electron chi connectivity index (χ1n) is 3.07. The fourth-order valence-electron chi connectivity index (χ4n) is 0.671. The van der Waals surface area contributed by atoms with Crippen LogP contribution in [-0.4, -0.2) is 56.3 Å². The van der Waals surface area contributed by atoms with Crippen molar-refractivity contribution in [3.8, 4) is 0 Å². The van der Waals surface area contributed by atoms with E-state index >= 15 is 0 Å². The molecule has 0 aliphatic rings. The van der Waals surface area contributed by atoms with Crippen molar-refractivity contribution in [1.29, 1.82) is 0 Å². The van der Waals surface area contributed by atoms with Gasteiger partial charge in [0, 0.05) is 30.2 Å². The van der Waals surface area contributed by atoms with Gasteiger partial charge >= 0.3 is 0 Å². The van der Waals surface area contributed by atoms with Crippen LogP contribution in [0.3, 0.4) is 0 Å². The lowest BCUT2D eigenvalue weighted by Gasteiger charge is -2.13. The summed E-state index contributed by atoms with van der Waals surface area (Å²) in [6.07, 6.45) is 2.92. The zero-order valence-corrected chi connectivity index (χ0v) is 13.0. The van der Waals surface area contributed by atoms with Gasteiger partial charge in [0.05, 0.1) is 9.20 Å². The molecule has 0 heterocycles. The van der Waals surface area contributed by atoms with Crippen LogP contribution in [0.2, 0.25) is 0 Å². The minimum Gasteiger partial charge on any atom is -0.339 e. The fourth-order valence-corrected chi connectivity index (χ4v) is 14.1. The second-order valence-corrected chi connectivity index (χ2v) is 6.31. The van der Waals surface area contributed by atoms with Crippen LogP contribution in [0.15, 0.2) is 0 Å². The summed E-state index contributed by atoms with van der Waals surface area (Å²) in [6, 6.07) is 0. The quantitative estimate of drug-likeness (QED) is 0.380. The van der Waals surface area contributed by atoms with Gasteiger partial charge in [0.25, 0.3) is 0 Å². The molecule has 0 saturated heterocycles. The Balaban J connectivity index is 2.99. The molecule has 0 unspecified atom stereocenters. The van der Waals surface area contributed by atoms with Crippen LogP contribution in [0.4, 0.5) is 0 Å². The minimum absolute atomic E-state index is 0.370. The van der Waals surface area contributed by atoms with Gasteiger partial charge in [-0.1, -0.05) is 0 Å². The predicted molar refractivity (Wildman–Crippen MR) is 49.9 cm³/mol. The monoisotopic (exact) mass is 165 g/mol. The topological polar surface area (TPSA) is 3.24 Å². The van der Waals surface area contributed by atoms with Crippen LogP contribution < -0.4 is 0 Å². The van der Waals surface area contributed by atoms with Gasteiger partial charge in [-0.25, -0.2) is 0 Å². The Morgan fingerprint density at radius 1 is 1.29 bits per heavy atom. The number of nitrogens with zero attached hydrogens (tertiary/aromatic N) is 1. The lowest BCUT2D eigenvalue weighted by Crippen LogP contribution is -2.30. The molecule has 1 nitrogen and oxygen atoms in total. The van der Waals surface area contributed by atoms with E-state index in [0.717, 1.165) is 0 Å². The van der Waals surface area contributed by atoms with Crippen molar-refractivity contribution in [1.82, 2.24) is 4.57 Å². The van der Waals surface area contributed by atoms with E-state index in [9.17, 15) is 0 Å². The van der Waals surface area contributed by atoms with E-state index < -0.39 is 0 Å². The van der Waals surface area contributed by atoms with E-state index in [4.69, 9.17) is 0 Å². The molecule has 0 saturated carbocycles. The molecule has 0 rings (SSSR count). The maximum Gasteiger partial charge on any atom is 0.0748 e. The molecule has 0 aromatic rings. The third-order valence-electron chi connectivity index (χ3n) is 1.34. The van der Waals surface area contributed by atoms with E-state index in [0.29, 0.717) is 9.20 Å². The second-order valence-electron chi connectivity index (χ2n) is 1.62. The molecule has 0 radical (unpaired) electrons. The third-order valence-corrected chi connectivity index (χ3v) is 9.39.